The number of methoxy groups -OCH3 is 1. The number of piperazine rings is 1. The second-order valence-electron chi connectivity index (χ2n) is 8.18. The molecule has 1 saturated carbocycles. The zero-order valence-electron chi connectivity index (χ0n) is 16.9. The first-order valence-corrected chi connectivity index (χ1v) is 10.2. The molecular formula is C21H32Cl2FN3O2. The Balaban J connectivity index is 0.00000150. The molecule has 3 fully saturated rings. The van der Waals surface area contributed by atoms with Crippen LogP contribution >= 0.6 is 24.8 Å². The quantitative estimate of drug-likeness (QED) is 0.769. The van der Waals surface area contributed by atoms with Gasteiger partial charge in [0.25, 0.3) is 0 Å². The van der Waals surface area contributed by atoms with Crippen LogP contribution in [0.5, 0.6) is 5.75 Å². The molecule has 0 spiro atoms. The molecule has 2 heterocycles. The van der Waals surface area contributed by atoms with E-state index >= 15 is 0 Å². The summed E-state index contributed by atoms with van der Waals surface area (Å²) in [6, 6.07) is 5.69. The SMILES string of the molecule is COc1ccc(CN2CCN(C(=O)C3CC4CCCCC4N3)CC2)cc1F.Cl.Cl. The van der Waals surface area contributed by atoms with Gasteiger partial charge in [0, 0.05) is 38.8 Å². The molecule has 1 aliphatic carbocycles. The lowest BCUT2D eigenvalue weighted by atomic mass is 9.85. The fraction of sp³-hybridized carbons (Fsp3) is 0.667. The highest BCUT2D eigenvalue weighted by Crippen LogP contribution is 2.33. The van der Waals surface area contributed by atoms with E-state index in [0.29, 0.717) is 18.5 Å². The second kappa shape index (κ2) is 10.8. The molecule has 1 N–H and O–H groups in total. The summed E-state index contributed by atoms with van der Waals surface area (Å²) >= 11 is 0. The van der Waals surface area contributed by atoms with Crippen LogP contribution in [0.25, 0.3) is 0 Å². The number of carbonyl (C=O) groups excluding carboxylic acids is 1. The van der Waals surface area contributed by atoms with Crippen molar-refractivity contribution >= 4 is 30.7 Å². The van der Waals surface area contributed by atoms with Crippen LogP contribution in [0.1, 0.15) is 37.7 Å². The van der Waals surface area contributed by atoms with Crippen molar-refractivity contribution in [1.82, 2.24) is 15.1 Å². The van der Waals surface area contributed by atoms with Gasteiger partial charge in [-0.15, -0.1) is 24.8 Å². The van der Waals surface area contributed by atoms with Gasteiger partial charge in [0.05, 0.1) is 13.2 Å². The predicted molar refractivity (Wildman–Crippen MR) is 117 cm³/mol. The molecule has 2 aliphatic heterocycles. The van der Waals surface area contributed by atoms with Crippen LogP contribution < -0.4 is 10.1 Å². The van der Waals surface area contributed by atoms with Gasteiger partial charge in [-0.25, -0.2) is 4.39 Å². The van der Waals surface area contributed by atoms with E-state index in [2.05, 4.69) is 10.2 Å². The Morgan fingerprint density at radius 2 is 1.90 bits per heavy atom. The summed E-state index contributed by atoms with van der Waals surface area (Å²) in [5, 5.41) is 3.60. The molecule has 3 aliphatic rings. The van der Waals surface area contributed by atoms with Gasteiger partial charge in [0.15, 0.2) is 11.6 Å². The van der Waals surface area contributed by atoms with E-state index in [9.17, 15) is 9.18 Å². The number of hydrogen-bond donors (Lipinski definition) is 1. The summed E-state index contributed by atoms with van der Waals surface area (Å²) in [6.07, 6.45) is 6.11. The van der Waals surface area contributed by atoms with Crippen LogP contribution in [0.3, 0.4) is 0 Å². The van der Waals surface area contributed by atoms with Gasteiger partial charge in [-0.3, -0.25) is 9.69 Å². The summed E-state index contributed by atoms with van der Waals surface area (Å²) < 4.78 is 18.8. The Bertz CT molecular complexity index is 672. The van der Waals surface area contributed by atoms with E-state index in [0.717, 1.165) is 38.2 Å². The topological polar surface area (TPSA) is 44.8 Å². The number of ether oxygens (including phenoxy) is 1. The number of nitrogens with one attached hydrogen (secondary N) is 1. The summed E-state index contributed by atoms with van der Waals surface area (Å²) in [6.45, 7) is 3.88. The predicted octanol–water partition coefficient (Wildman–Crippen LogP) is 3.24. The lowest BCUT2D eigenvalue weighted by Crippen LogP contribution is -2.53. The fourth-order valence-electron chi connectivity index (χ4n) is 4.92. The highest BCUT2D eigenvalue weighted by atomic mass is 35.5. The summed E-state index contributed by atoms with van der Waals surface area (Å²) in [7, 11) is 1.47. The first kappa shape index (κ1) is 24.2. The van der Waals surface area contributed by atoms with Crippen molar-refractivity contribution in [3.8, 4) is 5.75 Å². The molecule has 164 valence electrons. The Hall–Kier alpha value is -1.08. The molecule has 0 bridgehead atoms. The molecular weight excluding hydrogens is 416 g/mol. The summed E-state index contributed by atoms with van der Waals surface area (Å²) in [5.41, 5.74) is 0.939. The summed E-state index contributed by atoms with van der Waals surface area (Å²) in [4.78, 5) is 17.2. The van der Waals surface area contributed by atoms with Crippen molar-refractivity contribution in [1.29, 1.82) is 0 Å². The van der Waals surface area contributed by atoms with E-state index in [-0.39, 0.29) is 48.3 Å². The van der Waals surface area contributed by atoms with Gasteiger partial charge in [0.1, 0.15) is 0 Å². The van der Waals surface area contributed by atoms with Crippen LogP contribution in [0.2, 0.25) is 0 Å². The molecule has 1 aromatic carbocycles. The maximum absolute atomic E-state index is 13.9. The van der Waals surface area contributed by atoms with E-state index in [4.69, 9.17) is 4.74 Å². The molecule has 2 saturated heterocycles. The number of hydrogen-bond acceptors (Lipinski definition) is 4. The highest BCUT2D eigenvalue weighted by molar-refractivity contribution is 5.85. The maximum atomic E-state index is 13.9. The van der Waals surface area contributed by atoms with Crippen molar-refractivity contribution in [2.24, 2.45) is 5.92 Å². The number of halogens is 3. The minimum Gasteiger partial charge on any atom is -0.494 e. The average molecular weight is 448 g/mol. The Labute approximate surface area is 185 Å². The van der Waals surface area contributed by atoms with E-state index in [1.165, 1.54) is 32.8 Å². The Kier molecular flexibility index (Phi) is 9.01. The maximum Gasteiger partial charge on any atom is 0.239 e. The van der Waals surface area contributed by atoms with Gasteiger partial charge in [0.2, 0.25) is 5.91 Å². The highest BCUT2D eigenvalue weighted by Gasteiger charge is 2.40. The smallest absolute Gasteiger partial charge is 0.239 e. The van der Waals surface area contributed by atoms with Crippen molar-refractivity contribution in [2.45, 2.75) is 50.7 Å². The van der Waals surface area contributed by atoms with Gasteiger partial charge in [-0.1, -0.05) is 18.9 Å². The molecule has 0 aromatic heterocycles. The average Bonchev–Trinajstić information content (AvgIpc) is 3.12. The van der Waals surface area contributed by atoms with Crippen molar-refractivity contribution < 1.29 is 13.9 Å². The monoisotopic (exact) mass is 447 g/mol. The van der Waals surface area contributed by atoms with Crippen LogP contribution in [-0.2, 0) is 11.3 Å². The Morgan fingerprint density at radius 1 is 1.17 bits per heavy atom. The number of rotatable bonds is 4. The van der Waals surface area contributed by atoms with Gasteiger partial charge >= 0.3 is 0 Å². The van der Waals surface area contributed by atoms with E-state index < -0.39 is 0 Å². The first-order chi connectivity index (χ1) is 13.1. The third kappa shape index (κ3) is 5.54. The second-order valence-corrected chi connectivity index (χ2v) is 8.18. The van der Waals surface area contributed by atoms with Crippen molar-refractivity contribution in [2.75, 3.05) is 33.3 Å². The third-order valence-corrected chi connectivity index (χ3v) is 6.47. The van der Waals surface area contributed by atoms with Gasteiger partial charge in [-0.05, 0) is 42.9 Å². The largest absolute Gasteiger partial charge is 0.494 e. The zero-order valence-corrected chi connectivity index (χ0v) is 18.6. The zero-order chi connectivity index (χ0) is 18.8. The van der Waals surface area contributed by atoms with Gasteiger partial charge < -0.3 is 15.0 Å². The number of nitrogens with zero attached hydrogens (tertiary/aromatic N) is 2. The molecule has 4 rings (SSSR count). The summed E-state index contributed by atoms with van der Waals surface area (Å²) in [5.74, 6) is 0.926. The number of amides is 1. The standard InChI is InChI=1S/C21H30FN3O2.2ClH/c1-27-20-7-6-15(12-17(20)22)14-24-8-10-25(11-9-24)21(26)19-13-16-4-2-3-5-18(16)23-19;;/h6-7,12,16,18-19,23H,2-5,8-11,13-14H2,1H3;2*1H. The van der Waals surface area contributed by atoms with Crippen molar-refractivity contribution in [3.05, 3.63) is 29.6 Å². The molecule has 5 nitrogen and oxygen atoms in total. The third-order valence-electron chi connectivity index (χ3n) is 6.47. The van der Waals surface area contributed by atoms with Crippen LogP contribution in [-0.4, -0.2) is 61.1 Å². The van der Waals surface area contributed by atoms with Crippen LogP contribution in [0.4, 0.5) is 4.39 Å². The number of fused-ring (bicyclic) bond motifs is 1. The lowest BCUT2D eigenvalue weighted by Gasteiger charge is -2.36. The fourth-order valence-corrected chi connectivity index (χ4v) is 4.92. The number of benzene rings is 1. The minimum atomic E-state index is -0.322. The first-order valence-electron chi connectivity index (χ1n) is 10.2. The normalized spacial score (nSPS) is 26.8. The molecule has 8 heteroatoms. The van der Waals surface area contributed by atoms with Crippen LogP contribution in [0, 0.1) is 11.7 Å². The molecule has 3 unspecified atom stereocenters. The van der Waals surface area contributed by atoms with Gasteiger partial charge in [-0.2, -0.15) is 0 Å². The molecule has 1 amide bonds. The minimum absolute atomic E-state index is 0. The van der Waals surface area contributed by atoms with Crippen molar-refractivity contribution in [3.63, 3.8) is 0 Å². The Morgan fingerprint density at radius 3 is 2.55 bits per heavy atom. The van der Waals surface area contributed by atoms with E-state index in [1.54, 1.807) is 12.1 Å². The van der Waals surface area contributed by atoms with Crippen LogP contribution in [0.15, 0.2) is 18.2 Å². The molecule has 29 heavy (non-hydrogen) atoms. The molecule has 0 radical (unpaired) electrons. The number of carbonyl (C=O) groups is 1. The molecule has 3 atom stereocenters. The lowest BCUT2D eigenvalue weighted by molar-refractivity contribution is -0.135. The molecule has 1 aromatic rings. The van der Waals surface area contributed by atoms with E-state index in [1.807, 2.05) is 11.0 Å².